The highest BCUT2D eigenvalue weighted by atomic mass is 16.5. The number of ether oxygens (including phenoxy) is 1. The standard InChI is InChI=1S/C47H52N4O/c1-28(2)33-21-29(3)44(30(4)22-33)45-31(5)49-51(32(45)6)36-23-35(47(10,11)12)24-38(26-36)52-37-17-18-40-39-15-13-14-16-41(39)50(42(40)27-37)43-25-34(19-20-48-43)46(7,8)9/h13-28H,1-12H3. The first-order valence-electron chi connectivity index (χ1n) is 18.5. The lowest BCUT2D eigenvalue weighted by Gasteiger charge is -2.22. The van der Waals surface area contributed by atoms with Crippen LogP contribution in [0.1, 0.15) is 101 Å². The maximum atomic E-state index is 6.81. The largest absolute Gasteiger partial charge is 0.457 e. The van der Waals surface area contributed by atoms with Crippen LogP contribution in [-0.4, -0.2) is 19.3 Å². The van der Waals surface area contributed by atoms with Crippen LogP contribution in [0, 0.1) is 27.7 Å². The molecule has 0 N–H and O–H groups in total. The van der Waals surface area contributed by atoms with Crippen molar-refractivity contribution < 1.29 is 4.74 Å². The SMILES string of the molecule is Cc1cc(C(C)C)cc(C)c1-c1c(C)nn(-c2cc(Oc3ccc4c5ccccc5n(-c5cc(C(C)(C)C)ccn5)c4c3)cc(C(C)(C)C)c2)c1C. The Kier molecular flexibility index (Phi) is 8.68. The van der Waals surface area contributed by atoms with Crippen LogP contribution in [0.5, 0.6) is 11.5 Å². The molecular formula is C47H52N4O. The highest BCUT2D eigenvalue weighted by Gasteiger charge is 2.23. The third-order valence-electron chi connectivity index (χ3n) is 10.5. The monoisotopic (exact) mass is 688 g/mol. The van der Waals surface area contributed by atoms with Gasteiger partial charge in [0, 0.05) is 40.4 Å². The number of pyridine rings is 1. The summed E-state index contributed by atoms with van der Waals surface area (Å²) >= 11 is 0. The van der Waals surface area contributed by atoms with Crippen molar-refractivity contribution in [3.63, 3.8) is 0 Å². The summed E-state index contributed by atoms with van der Waals surface area (Å²) in [7, 11) is 0. The second-order valence-electron chi connectivity index (χ2n) is 16.9. The molecule has 0 atom stereocenters. The zero-order valence-electron chi connectivity index (χ0n) is 32.9. The molecule has 0 spiro atoms. The third kappa shape index (κ3) is 6.31. The van der Waals surface area contributed by atoms with E-state index in [2.05, 4.69) is 177 Å². The van der Waals surface area contributed by atoms with E-state index in [4.69, 9.17) is 14.8 Å². The van der Waals surface area contributed by atoms with Crippen LogP contribution in [0.2, 0.25) is 0 Å². The molecule has 5 nitrogen and oxygen atoms in total. The van der Waals surface area contributed by atoms with Crippen molar-refractivity contribution in [2.45, 2.75) is 99.8 Å². The summed E-state index contributed by atoms with van der Waals surface area (Å²) < 4.78 is 11.2. The molecule has 3 heterocycles. The van der Waals surface area contributed by atoms with Gasteiger partial charge in [0.1, 0.15) is 17.3 Å². The van der Waals surface area contributed by atoms with Crippen LogP contribution in [0.3, 0.4) is 0 Å². The quantitative estimate of drug-likeness (QED) is 0.175. The third-order valence-corrected chi connectivity index (χ3v) is 10.5. The number of fused-ring (bicyclic) bond motifs is 3. The van der Waals surface area contributed by atoms with E-state index in [0.717, 1.165) is 50.8 Å². The average Bonchev–Trinajstić information content (AvgIpc) is 3.56. The molecule has 0 saturated heterocycles. The van der Waals surface area contributed by atoms with Gasteiger partial charge >= 0.3 is 0 Å². The number of aryl methyl sites for hydroxylation is 3. The molecule has 0 saturated carbocycles. The van der Waals surface area contributed by atoms with Crippen molar-refractivity contribution >= 4 is 21.8 Å². The van der Waals surface area contributed by atoms with Gasteiger partial charge < -0.3 is 4.74 Å². The number of para-hydroxylation sites is 1. The van der Waals surface area contributed by atoms with E-state index in [1.54, 1.807) is 0 Å². The van der Waals surface area contributed by atoms with Crippen LogP contribution in [0.15, 0.2) is 91.1 Å². The normalized spacial score (nSPS) is 12.4. The van der Waals surface area contributed by atoms with E-state index in [0.29, 0.717) is 5.92 Å². The number of benzene rings is 4. The first kappa shape index (κ1) is 35.3. The molecular weight excluding hydrogens is 637 g/mol. The minimum absolute atomic E-state index is 0.00276. The first-order valence-corrected chi connectivity index (χ1v) is 18.5. The fourth-order valence-corrected chi connectivity index (χ4v) is 7.58. The zero-order valence-corrected chi connectivity index (χ0v) is 32.9. The van der Waals surface area contributed by atoms with Crippen molar-refractivity contribution in [3.05, 3.63) is 130 Å². The number of rotatable bonds is 6. The van der Waals surface area contributed by atoms with E-state index in [-0.39, 0.29) is 10.8 Å². The molecule has 4 aromatic carbocycles. The fourth-order valence-electron chi connectivity index (χ4n) is 7.58. The molecule has 3 aromatic heterocycles. The number of hydrogen-bond donors (Lipinski definition) is 0. The highest BCUT2D eigenvalue weighted by molar-refractivity contribution is 6.09. The lowest BCUT2D eigenvalue weighted by atomic mass is 9.86. The van der Waals surface area contributed by atoms with Crippen LogP contribution < -0.4 is 4.74 Å². The van der Waals surface area contributed by atoms with Gasteiger partial charge in [0.2, 0.25) is 0 Å². The summed E-state index contributed by atoms with van der Waals surface area (Å²) in [5, 5.41) is 7.51. The van der Waals surface area contributed by atoms with Gasteiger partial charge in [-0.05, 0) is 120 Å². The predicted octanol–water partition coefficient (Wildman–Crippen LogP) is 12.8. The Bertz CT molecular complexity index is 2460. The minimum Gasteiger partial charge on any atom is -0.457 e. The second kappa shape index (κ2) is 12.8. The molecule has 5 heteroatoms. The summed E-state index contributed by atoms with van der Waals surface area (Å²) in [6.45, 7) is 26.7. The molecule has 0 aliphatic carbocycles. The first-order chi connectivity index (χ1) is 24.5. The molecule has 0 radical (unpaired) electrons. The lowest BCUT2D eigenvalue weighted by Crippen LogP contribution is -2.12. The van der Waals surface area contributed by atoms with Gasteiger partial charge in [-0.15, -0.1) is 0 Å². The second-order valence-corrected chi connectivity index (χ2v) is 16.9. The summed E-state index contributed by atoms with van der Waals surface area (Å²) in [5.41, 5.74) is 14.1. The molecule has 266 valence electrons. The van der Waals surface area contributed by atoms with Crippen LogP contribution in [-0.2, 0) is 10.8 Å². The van der Waals surface area contributed by atoms with Crippen molar-refractivity contribution in [1.29, 1.82) is 0 Å². The van der Waals surface area contributed by atoms with Gasteiger partial charge in [0.05, 0.1) is 22.4 Å². The van der Waals surface area contributed by atoms with E-state index >= 15 is 0 Å². The lowest BCUT2D eigenvalue weighted by molar-refractivity contribution is 0.478. The molecule has 0 amide bonds. The summed E-state index contributed by atoms with van der Waals surface area (Å²) in [5.74, 6) is 2.93. The molecule has 52 heavy (non-hydrogen) atoms. The van der Waals surface area contributed by atoms with Gasteiger partial charge in [0.25, 0.3) is 0 Å². The summed E-state index contributed by atoms with van der Waals surface area (Å²) in [6, 6.07) is 30.5. The maximum absolute atomic E-state index is 6.81. The van der Waals surface area contributed by atoms with Gasteiger partial charge in [-0.2, -0.15) is 5.10 Å². The smallest absolute Gasteiger partial charge is 0.137 e. The van der Waals surface area contributed by atoms with Crippen molar-refractivity contribution in [1.82, 2.24) is 19.3 Å². The predicted molar refractivity (Wildman–Crippen MR) is 218 cm³/mol. The topological polar surface area (TPSA) is 44.9 Å². The summed E-state index contributed by atoms with van der Waals surface area (Å²) in [6.07, 6.45) is 1.92. The minimum atomic E-state index is -0.104. The molecule has 0 aliphatic rings. The molecule has 0 aliphatic heterocycles. The Balaban J connectivity index is 1.35. The molecule has 7 rings (SSSR count). The zero-order chi connectivity index (χ0) is 37.3. The number of aromatic nitrogens is 4. The number of hydrogen-bond acceptors (Lipinski definition) is 3. The van der Waals surface area contributed by atoms with Crippen LogP contribution >= 0.6 is 0 Å². The molecule has 7 aromatic rings. The van der Waals surface area contributed by atoms with E-state index in [9.17, 15) is 0 Å². The fraction of sp³-hybridized carbons (Fsp3) is 0.319. The average molecular weight is 689 g/mol. The Morgan fingerprint density at radius 2 is 1.31 bits per heavy atom. The van der Waals surface area contributed by atoms with Gasteiger partial charge in [-0.1, -0.05) is 85.7 Å². The van der Waals surface area contributed by atoms with Gasteiger partial charge in [-0.25, -0.2) is 9.67 Å². The van der Waals surface area contributed by atoms with Crippen molar-refractivity contribution in [3.8, 4) is 34.1 Å². The van der Waals surface area contributed by atoms with Crippen molar-refractivity contribution in [2.75, 3.05) is 0 Å². The summed E-state index contributed by atoms with van der Waals surface area (Å²) in [4.78, 5) is 4.87. The Morgan fingerprint density at radius 3 is 1.98 bits per heavy atom. The Morgan fingerprint density at radius 1 is 0.635 bits per heavy atom. The van der Waals surface area contributed by atoms with Gasteiger partial charge in [-0.3, -0.25) is 4.57 Å². The molecule has 0 bridgehead atoms. The van der Waals surface area contributed by atoms with Crippen LogP contribution in [0.4, 0.5) is 0 Å². The maximum Gasteiger partial charge on any atom is 0.137 e. The van der Waals surface area contributed by atoms with E-state index < -0.39 is 0 Å². The Hall–Kier alpha value is -5.16. The molecule has 0 fully saturated rings. The highest BCUT2D eigenvalue weighted by Crippen LogP contribution is 2.39. The van der Waals surface area contributed by atoms with Gasteiger partial charge in [0.15, 0.2) is 0 Å². The van der Waals surface area contributed by atoms with Crippen LogP contribution in [0.25, 0.3) is 44.4 Å². The van der Waals surface area contributed by atoms with E-state index in [1.165, 1.54) is 44.3 Å². The van der Waals surface area contributed by atoms with Crippen molar-refractivity contribution in [2.24, 2.45) is 0 Å². The van der Waals surface area contributed by atoms with E-state index in [1.807, 2.05) is 6.20 Å². The number of nitrogens with zero attached hydrogens (tertiary/aromatic N) is 4. The Labute approximate surface area is 309 Å². The molecule has 0 unspecified atom stereocenters.